The van der Waals surface area contributed by atoms with Gasteiger partial charge in [-0.2, -0.15) is 0 Å². The van der Waals surface area contributed by atoms with Crippen LogP contribution in [0.4, 0.5) is 0 Å². The maximum Gasteiger partial charge on any atom is 0.308 e. The van der Waals surface area contributed by atoms with E-state index in [4.69, 9.17) is 4.74 Å². The zero-order valence-electron chi connectivity index (χ0n) is 16.8. The van der Waals surface area contributed by atoms with Crippen molar-refractivity contribution in [3.8, 4) is 0 Å². The summed E-state index contributed by atoms with van der Waals surface area (Å²) in [6, 6.07) is 13.9. The summed E-state index contributed by atoms with van der Waals surface area (Å²) in [6.07, 6.45) is 0.213. The number of nitrogens with one attached hydrogen (secondary N) is 1. The number of fused-ring (bicyclic) bond motifs is 1. The number of nitrogens with zero attached hydrogens (tertiary/aromatic N) is 2. The molecule has 0 unspecified atom stereocenters. The van der Waals surface area contributed by atoms with Crippen LogP contribution >= 0.6 is 11.3 Å². The molecule has 1 aliphatic heterocycles. The number of carbonyl (C=O) groups excluding carboxylic acids is 1. The zero-order valence-corrected chi connectivity index (χ0v) is 18.5. The minimum absolute atomic E-state index is 0.0149. The Morgan fingerprint density at radius 2 is 1.84 bits per heavy atom. The summed E-state index contributed by atoms with van der Waals surface area (Å²) in [5.41, 5.74) is 1.49. The third-order valence-corrected chi connectivity index (χ3v) is 7.51. The second-order valence-electron chi connectivity index (χ2n) is 7.20. The Morgan fingerprint density at radius 3 is 2.58 bits per heavy atom. The Bertz CT molecular complexity index is 1230. The van der Waals surface area contributed by atoms with Crippen molar-refractivity contribution in [3.63, 3.8) is 0 Å². The third-order valence-electron chi connectivity index (χ3n) is 5.17. The molecule has 2 aromatic carbocycles. The highest BCUT2D eigenvalue weighted by Gasteiger charge is 2.19. The molecule has 0 bridgehead atoms. The molecule has 1 fully saturated rings. The van der Waals surface area contributed by atoms with Gasteiger partial charge in [-0.05, 0) is 23.8 Å². The van der Waals surface area contributed by atoms with E-state index < -0.39 is 10.0 Å². The highest BCUT2D eigenvalue weighted by atomic mass is 32.2. The Kier molecular flexibility index (Phi) is 6.51. The standard InChI is InChI=1S/C21H23N3O5S2/c25-20(23-10-12-29-13-11-23)8-9-24-18-7-6-17(14-19(18)30-21(24)26)31(27,28)22-15-16-4-2-1-3-5-16/h1-7,14,22H,8-13,15H2. The lowest BCUT2D eigenvalue weighted by Crippen LogP contribution is -2.41. The van der Waals surface area contributed by atoms with E-state index in [9.17, 15) is 18.0 Å². The van der Waals surface area contributed by atoms with Gasteiger partial charge >= 0.3 is 4.87 Å². The van der Waals surface area contributed by atoms with Gasteiger partial charge in [-0.15, -0.1) is 0 Å². The third kappa shape index (κ3) is 5.04. The van der Waals surface area contributed by atoms with E-state index in [-0.39, 0.29) is 35.2 Å². The summed E-state index contributed by atoms with van der Waals surface area (Å²) >= 11 is 0.981. The van der Waals surface area contributed by atoms with Crippen molar-refractivity contribution in [2.24, 2.45) is 0 Å². The lowest BCUT2D eigenvalue weighted by atomic mass is 10.2. The number of thiazole rings is 1. The van der Waals surface area contributed by atoms with Crippen LogP contribution in [0.25, 0.3) is 10.2 Å². The van der Waals surface area contributed by atoms with Crippen molar-refractivity contribution in [1.82, 2.24) is 14.2 Å². The van der Waals surface area contributed by atoms with Gasteiger partial charge in [0.25, 0.3) is 0 Å². The number of sulfonamides is 1. The van der Waals surface area contributed by atoms with Crippen LogP contribution in [0.5, 0.6) is 0 Å². The number of benzene rings is 2. The van der Waals surface area contributed by atoms with Crippen molar-refractivity contribution in [2.45, 2.75) is 24.4 Å². The number of hydrogen-bond acceptors (Lipinski definition) is 6. The average Bonchev–Trinajstić information content (AvgIpc) is 3.11. The predicted octanol–water partition coefficient (Wildman–Crippen LogP) is 1.79. The lowest BCUT2D eigenvalue weighted by molar-refractivity contribution is -0.135. The van der Waals surface area contributed by atoms with Crippen LogP contribution in [-0.2, 0) is 32.6 Å². The van der Waals surface area contributed by atoms with E-state index in [0.29, 0.717) is 36.5 Å². The number of aryl methyl sites for hydroxylation is 1. The van der Waals surface area contributed by atoms with Crippen LogP contribution in [0.3, 0.4) is 0 Å². The molecule has 3 aromatic rings. The predicted molar refractivity (Wildman–Crippen MR) is 119 cm³/mol. The maximum absolute atomic E-state index is 12.7. The van der Waals surface area contributed by atoms with E-state index in [2.05, 4.69) is 4.72 Å². The SMILES string of the molecule is O=C(CCn1c(=O)sc2cc(S(=O)(=O)NCc3ccccc3)ccc21)N1CCOCC1. The first-order valence-corrected chi connectivity index (χ1v) is 12.3. The molecule has 1 N–H and O–H groups in total. The fourth-order valence-electron chi connectivity index (χ4n) is 3.46. The molecular formula is C21H23N3O5S2. The molecule has 2 heterocycles. The monoisotopic (exact) mass is 461 g/mol. The van der Waals surface area contributed by atoms with Crippen molar-refractivity contribution in [3.05, 3.63) is 63.8 Å². The van der Waals surface area contributed by atoms with Crippen molar-refractivity contribution >= 4 is 37.5 Å². The van der Waals surface area contributed by atoms with Crippen molar-refractivity contribution in [2.75, 3.05) is 26.3 Å². The van der Waals surface area contributed by atoms with E-state index in [0.717, 1.165) is 16.9 Å². The van der Waals surface area contributed by atoms with Crippen molar-refractivity contribution in [1.29, 1.82) is 0 Å². The van der Waals surface area contributed by atoms with E-state index in [1.807, 2.05) is 30.3 Å². The summed E-state index contributed by atoms with van der Waals surface area (Å²) in [5.74, 6) is -0.0149. The number of amides is 1. The minimum Gasteiger partial charge on any atom is -0.378 e. The van der Waals surface area contributed by atoms with Crippen LogP contribution in [0.2, 0.25) is 0 Å². The van der Waals surface area contributed by atoms with Crippen LogP contribution in [-0.4, -0.2) is 50.1 Å². The van der Waals surface area contributed by atoms with Gasteiger partial charge in [-0.1, -0.05) is 41.7 Å². The fraction of sp³-hybridized carbons (Fsp3) is 0.333. The first-order chi connectivity index (χ1) is 14.9. The molecule has 0 radical (unpaired) electrons. The molecule has 1 saturated heterocycles. The summed E-state index contributed by atoms with van der Waals surface area (Å²) in [5, 5.41) is 0. The molecule has 0 atom stereocenters. The van der Waals surface area contributed by atoms with E-state index in [1.54, 1.807) is 11.0 Å². The summed E-state index contributed by atoms with van der Waals surface area (Å²) in [7, 11) is -3.72. The molecule has 1 amide bonds. The number of hydrogen-bond donors (Lipinski definition) is 1. The Balaban J connectivity index is 1.48. The number of ether oxygens (including phenoxy) is 1. The number of rotatable bonds is 7. The van der Waals surface area contributed by atoms with Gasteiger partial charge < -0.3 is 9.64 Å². The van der Waals surface area contributed by atoms with Gasteiger partial charge in [0.1, 0.15) is 0 Å². The average molecular weight is 462 g/mol. The van der Waals surface area contributed by atoms with Crippen LogP contribution in [0, 0.1) is 0 Å². The quantitative estimate of drug-likeness (QED) is 0.579. The normalized spacial score (nSPS) is 14.8. The van der Waals surface area contributed by atoms with Crippen LogP contribution in [0.15, 0.2) is 58.2 Å². The molecule has 8 nitrogen and oxygen atoms in total. The lowest BCUT2D eigenvalue weighted by Gasteiger charge is -2.26. The second-order valence-corrected chi connectivity index (χ2v) is 9.96. The molecule has 4 rings (SSSR count). The van der Waals surface area contributed by atoms with Crippen LogP contribution in [0.1, 0.15) is 12.0 Å². The Hall–Kier alpha value is -2.53. The molecule has 0 saturated carbocycles. The first kappa shape index (κ1) is 21.7. The van der Waals surface area contributed by atoms with Gasteiger partial charge in [-0.3, -0.25) is 14.2 Å². The molecular weight excluding hydrogens is 438 g/mol. The second kappa shape index (κ2) is 9.31. The van der Waals surface area contributed by atoms with E-state index in [1.165, 1.54) is 16.7 Å². The molecule has 10 heteroatoms. The maximum atomic E-state index is 12.7. The highest BCUT2D eigenvalue weighted by Crippen LogP contribution is 2.22. The van der Waals surface area contributed by atoms with Gasteiger partial charge in [0.2, 0.25) is 15.9 Å². The van der Waals surface area contributed by atoms with Gasteiger partial charge in [0, 0.05) is 32.6 Å². The Morgan fingerprint density at radius 1 is 1.10 bits per heavy atom. The van der Waals surface area contributed by atoms with Gasteiger partial charge in [-0.25, -0.2) is 13.1 Å². The summed E-state index contributed by atoms with van der Waals surface area (Å²) in [4.78, 5) is 26.5. The molecule has 164 valence electrons. The molecule has 31 heavy (non-hydrogen) atoms. The summed E-state index contributed by atoms with van der Waals surface area (Å²) in [6.45, 7) is 2.63. The smallest absolute Gasteiger partial charge is 0.308 e. The molecule has 0 aliphatic carbocycles. The molecule has 1 aliphatic rings. The Labute approximate surface area is 184 Å². The van der Waals surface area contributed by atoms with Gasteiger partial charge in [0.05, 0.1) is 28.3 Å². The summed E-state index contributed by atoms with van der Waals surface area (Å²) < 4.78 is 35.3. The highest BCUT2D eigenvalue weighted by molar-refractivity contribution is 7.89. The molecule has 0 spiro atoms. The largest absolute Gasteiger partial charge is 0.378 e. The zero-order chi connectivity index (χ0) is 21.8. The number of morpholine rings is 1. The molecule has 1 aromatic heterocycles. The number of aromatic nitrogens is 1. The topological polar surface area (TPSA) is 97.7 Å². The number of carbonyl (C=O) groups is 1. The van der Waals surface area contributed by atoms with Gasteiger partial charge in [0.15, 0.2) is 0 Å². The minimum atomic E-state index is -3.72. The fourth-order valence-corrected chi connectivity index (χ4v) is 5.54. The first-order valence-electron chi connectivity index (χ1n) is 9.96. The van der Waals surface area contributed by atoms with E-state index >= 15 is 0 Å². The van der Waals surface area contributed by atoms with Crippen LogP contribution < -0.4 is 9.60 Å². The van der Waals surface area contributed by atoms with Crippen molar-refractivity contribution < 1.29 is 17.9 Å².